The second-order valence-electron chi connectivity index (χ2n) is 8.58. The number of benzene rings is 1. The Morgan fingerprint density at radius 3 is 2.39 bits per heavy atom. The Balaban J connectivity index is 2.24. The van der Waals surface area contributed by atoms with Gasteiger partial charge in [-0.3, -0.25) is 19.4 Å². The fourth-order valence-electron chi connectivity index (χ4n) is 3.94. The number of rotatable bonds is 13. The van der Waals surface area contributed by atoms with Gasteiger partial charge in [0.25, 0.3) is 0 Å². The van der Waals surface area contributed by atoms with Crippen LogP contribution in [0.5, 0.6) is 0 Å². The number of likely N-dealkylation sites (tertiary alicyclic amines) is 1. The third kappa shape index (κ3) is 8.72. The van der Waals surface area contributed by atoms with Crippen LogP contribution in [0.3, 0.4) is 0 Å². The third-order valence-corrected chi connectivity index (χ3v) is 6.22. The van der Waals surface area contributed by atoms with Crippen molar-refractivity contribution in [3.05, 3.63) is 35.9 Å². The minimum absolute atomic E-state index is 0.0782. The molecule has 1 heterocycles. The number of carboxylic acids is 1. The molecule has 1 aromatic rings. The maximum Gasteiger partial charge on any atom is 0.326 e. The van der Waals surface area contributed by atoms with E-state index < -0.39 is 47.9 Å². The third-order valence-electron chi connectivity index (χ3n) is 5.83. The lowest BCUT2D eigenvalue weighted by molar-refractivity contribution is -0.149. The summed E-state index contributed by atoms with van der Waals surface area (Å²) in [7, 11) is 0. The smallest absolute Gasteiger partial charge is 0.326 e. The molecule has 9 N–H and O–H groups in total. The van der Waals surface area contributed by atoms with Gasteiger partial charge < -0.3 is 37.8 Å². The molecule has 1 aliphatic heterocycles. The van der Waals surface area contributed by atoms with Crippen LogP contribution in [-0.4, -0.2) is 82.7 Å². The van der Waals surface area contributed by atoms with Crippen molar-refractivity contribution in [2.45, 2.75) is 56.3 Å². The predicted octanol–water partition coefficient (Wildman–Crippen LogP) is -1.41. The summed E-state index contributed by atoms with van der Waals surface area (Å²) in [4.78, 5) is 55.9. The normalized spacial score (nSPS) is 17.5. The molecule has 0 aliphatic carbocycles. The maximum atomic E-state index is 13.4. The van der Waals surface area contributed by atoms with E-state index in [4.69, 9.17) is 17.2 Å². The van der Waals surface area contributed by atoms with E-state index in [0.29, 0.717) is 19.3 Å². The summed E-state index contributed by atoms with van der Waals surface area (Å²) < 4.78 is 0. The highest BCUT2D eigenvalue weighted by Crippen LogP contribution is 2.20. The lowest BCUT2D eigenvalue weighted by Gasteiger charge is -2.29. The van der Waals surface area contributed by atoms with Gasteiger partial charge in [-0.2, -0.15) is 12.6 Å². The minimum atomic E-state index is -1.09. The zero-order valence-electron chi connectivity index (χ0n) is 20.0. The summed E-state index contributed by atoms with van der Waals surface area (Å²) in [6, 6.07) is 5.14. The SMILES string of the molecule is NC(N)=NCCCC(NC(=O)C(N)CS)C(=O)NC(Cc1ccccc1)C(=O)N1CCCC1C(=O)O. The molecule has 198 valence electrons. The summed E-state index contributed by atoms with van der Waals surface area (Å²) in [5, 5.41) is 14.9. The molecule has 1 aliphatic rings. The number of nitrogens with two attached hydrogens (primary N) is 3. The first-order chi connectivity index (χ1) is 17.1. The maximum absolute atomic E-state index is 13.4. The average molecular weight is 522 g/mol. The van der Waals surface area contributed by atoms with E-state index in [1.54, 1.807) is 12.1 Å². The molecule has 0 spiro atoms. The van der Waals surface area contributed by atoms with E-state index in [2.05, 4.69) is 28.3 Å². The van der Waals surface area contributed by atoms with Gasteiger partial charge in [0.1, 0.15) is 18.1 Å². The van der Waals surface area contributed by atoms with Crippen molar-refractivity contribution in [1.29, 1.82) is 0 Å². The van der Waals surface area contributed by atoms with Crippen LogP contribution in [0.1, 0.15) is 31.2 Å². The summed E-state index contributed by atoms with van der Waals surface area (Å²) in [5.74, 6) is -2.76. The second-order valence-corrected chi connectivity index (χ2v) is 8.94. The number of nitrogens with one attached hydrogen (secondary N) is 2. The number of carboxylic acid groups (broad SMARTS) is 1. The largest absolute Gasteiger partial charge is 0.480 e. The van der Waals surface area contributed by atoms with Crippen LogP contribution in [0, 0.1) is 0 Å². The van der Waals surface area contributed by atoms with Crippen molar-refractivity contribution >= 4 is 42.3 Å². The summed E-state index contributed by atoms with van der Waals surface area (Å²) in [6.07, 6.45) is 1.61. The van der Waals surface area contributed by atoms with Gasteiger partial charge in [0.2, 0.25) is 17.7 Å². The first-order valence-corrected chi connectivity index (χ1v) is 12.4. The lowest BCUT2D eigenvalue weighted by Crippen LogP contribution is -2.57. The molecule has 4 atom stereocenters. The summed E-state index contributed by atoms with van der Waals surface area (Å²) in [6.45, 7) is 0.521. The van der Waals surface area contributed by atoms with Crippen molar-refractivity contribution in [3.8, 4) is 0 Å². The van der Waals surface area contributed by atoms with E-state index in [0.717, 1.165) is 5.56 Å². The molecule has 36 heavy (non-hydrogen) atoms. The average Bonchev–Trinajstić information content (AvgIpc) is 3.35. The molecule has 1 saturated heterocycles. The number of aliphatic imine (C=N–C) groups is 1. The Hall–Kier alpha value is -3.32. The minimum Gasteiger partial charge on any atom is -0.480 e. The van der Waals surface area contributed by atoms with Crippen LogP contribution in [-0.2, 0) is 25.6 Å². The van der Waals surface area contributed by atoms with Crippen LogP contribution in [0.15, 0.2) is 35.3 Å². The first-order valence-electron chi connectivity index (χ1n) is 11.7. The summed E-state index contributed by atoms with van der Waals surface area (Å²) in [5.41, 5.74) is 17.2. The van der Waals surface area contributed by atoms with Gasteiger partial charge in [-0.05, 0) is 31.2 Å². The number of hydrogen-bond donors (Lipinski definition) is 7. The molecule has 13 heteroatoms. The Kier molecular flexibility index (Phi) is 11.5. The van der Waals surface area contributed by atoms with Crippen molar-refractivity contribution in [2.24, 2.45) is 22.2 Å². The fraction of sp³-hybridized carbons (Fsp3) is 0.522. The Labute approximate surface area is 215 Å². The van der Waals surface area contributed by atoms with Crippen molar-refractivity contribution in [1.82, 2.24) is 15.5 Å². The molecule has 4 unspecified atom stereocenters. The van der Waals surface area contributed by atoms with Crippen LogP contribution >= 0.6 is 12.6 Å². The summed E-state index contributed by atoms with van der Waals surface area (Å²) >= 11 is 4.02. The number of hydrogen-bond acceptors (Lipinski definition) is 7. The number of aliphatic carboxylic acids is 1. The number of carbonyl (C=O) groups is 4. The molecule has 0 saturated carbocycles. The number of nitrogens with zero attached hydrogens (tertiary/aromatic N) is 2. The van der Waals surface area contributed by atoms with Crippen molar-refractivity contribution < 1.29 is 24.3 Å². The van der Waals surface area contributed by atoms with Gasteiger partial charge in [0.05, 0.1) is 6.04 Å². The van der Waals surface area contributed by atoms with Crippen molar-refractivity contribution in [3.63, 3.8) is 0 Å². The van der Waals surface area contributed by atoms with Crippen LogP contribution in [0.25, 0.3) is 0 Å². The molecule has 0 bridgehead atoms. The van der Waals surface area contributed by atoms with E-state index in [1.165, 1.54) is 4.90 Å². The molecule has 3 amide bonds. The molecular weight excluding hydrogens is 486 g/mol. The van der Waals surface area contributed by atoms with Gasteiger partial charge in [0, 0.05) is 25.3 Å². The van der Waals surface area contributed by atoms with Crippen LogP contribution in [0.2, 0.25) is 0 Å². The quantitative estimate of drug-likeness (QED) is 0.0708. The van der Waals surface area contributed by atoms with Crippen LogP contribution in [0.4, 0.5) is 0 Å². The fourth-order valence-corrected chi connectivity index (χ4v) is 4.11. The second kappa shape index (κ2) is 14.3. The molecule has 1 fully saturated rings. The van der Waals surface area contributed by atoms with Gasteiger partial charge in [-0.15, -0.1) is 0 Å². The topological polar surface area (TPSA) is 206 Å². The highest BCUT2D eigenvalue weighted by Gasteiger charge is 2.38. The highest BCUT2D eigenvalue weighted by molar-refractivity contribution is 7.80. The van der Waals surface area contributed by atoms with Crippen molar-refractivity contribution in [2.75, 3.05) is 18.8 Å². The Morgan fingerprint density at radius 2 is 1.78 bits per heavy atom. The standard InChI is InChI=1S/C23H35N7O5S/c24-15(13-36)19(31)28-16(8-4-10-27-23(25)26)20(32)29-17(12-14-6-2-1-3-7-14)21(33)30-11-5-9-18(30)22(34)35/h1-3,6-7,15-18,36H,4-5,8-13,24H2,(H,28,31)(H,29,32)(H,34,35)(H4,25,26,27). The zero-order valence-corrected chi connectivity index (χ0v) is 20.9. The molecule has 12 nitrogen and oxygen atoms in total. The predicted molar refractivity (Wildman–Crippen MR) is 138 cm³/mol. The molecular formula is C23H35N7O5S. The number of guanidine groups is 1. The van der Waals surface area contributed by atoms with E-state index >= 15 is 0 Å². The van der Waals surface area contributed by atoms with E-state index in [1.807, 2.05) is 18.2 Å². The molecule has 2 rings (SSSR count). The Morgan fingerprint density at radius 1 is 1.11 bits per heavy atom. The van der Waals surface area contributed by atoms with Gasteiger partial charge >= 0.3 is 5.97 Å². The van der Waals surface area contributed by atoms with E-state index in [-0.39, 0.29) is 37.6 Å². The number of thiol groups is 1. The van der Waals surface area contributed by atoms with Gasteiger partial charge in [0.15, 0.2) is 5.96 Å². The zero-order chi connectivity index (χ0) is 26.7. The monoisotopic (exact) mass is 521 g/mol. The number of carbonyl (C=O) groups excluding carboxylic acids is 3. The van der Waals surface area contributed by atoms with Crippen LogP contribution < -0.4 is 27.8 Å². The van der Waals surface area contributed by atoms with Gasteiger partial charge in [-0.1, -0.05) is 30.3 Å². The van der Waals surface area contributed by atoms with E-state index in [9.17, 15) is 24.3 Å². The Bertz CT molecular complexity index is 942. The first kappa shape index (κ1) is 28.9. The van der Waals surface area contributed by atoms with Gasteiger partial charge in [-0.25, -0.2) is 4.79 Å². The molecule has 0 radical (unpaired) electrons. The molecule has 1 aromatic carbocycles. The molecule has 0 aromatic heterocycles. The highest BCUT2D eigenvalue weighted by atomic mass is 32.1. The number of amides is 3. The lowest BCUT2D eigenvalue weighted by atomic mass is 10.0.